The van der Waals surface area contributed by atoms with E-state index >= 15 is 0 Å². The number of methoxy groups -OCH3 is 1. The fourth-order valence-corrected chi connectivity index (χ4v) is 1.40. The quantitative estimate of drug-likeness (QED) is 0.617. The third-order valence-corrected chi connectivity index (χ3v) is 2.35. The Morgan fingerprint density at radius 1 is 1.27 bits per heavy atom. The standard InChI is InChI=1S/C11H13F3N4O4/c1-3-22-9(20)18-10(7(19)21-2,11(12,13)14)17-8-15-5-4-6-16-8/h4-6H,3H2,1-2H3,(H,18,20)(H,15,16,17)/t10-/m0/s1. The lowest BCUT2D eigenvalue weighted by atomic mass is 10.1. The Labute approximate surface area is 123 Å². The van der Waals surface area contributed by atoms with Gasteiger partial charge in [-0.05, 0) is 13.0 Å². The maximum Gasteiger partial charge on any atom is 0.442 e. The van der Waals surface area contributed by atoms with Gasteiger partial charge in [-0.25, -0.2) is 19.6 Å². The summed E-state index contributed by atoms with van der Waals surface area (Å²) in [5, 5.41) is 3.16. The predicted molar refractivity (Wildman–Crippen MR) is 66.6 cm³/mol. The van der Waals surface area contributed by atoms with Gasteiger partial charge in [0.25, 0.3) is 0 Å². The molecule has 1 aromatic heterocycles. The van der Waals surface area contributed by atoms with Gasteiger partial charge in [0.15, 0.2) is 0 Å². The Morgan fingerprint density at radius 2 is 1.86 bits per heavy atom. The summed E-state index contributed by atoms with van der Waals surface area (Å²) in [7, 11) is 0.739. The van der Waals surface area contributed by atoms with Crippen LogP contribution >= 0.6 is 0 Å². The Hall–Kier alpha value is -2.59. The third-order valence-electron chi connectivity index (χ3n) is 2.35. The van der Waals surface area contributed by atoms with Crippen LogP contribution in [0.2, 0.25) is 0 Å². The van der Waals surface area contributed by atoms with E-state index in [0.29, 0.717) is 0 Å². The summed E-state index contributed by atoms with van der Waals surface area (Å²) >= 11 is 0. The monoisotopic (exact) mass is 322 g/mol. The average Bonchev–Trinajstić information content (AvgIpc) is 2.45. The molecule has 0 fully saturated rings. The van der Waals surface area contributed by atoms with Crippen molar-refractivity contribution in [2.75, 3.05) is 19.0 Å². The molecule has 1 heterocycles. The minimum absolute atomic E-state index is 0.192. The average molecular weight is 322 g/mol. The van der Waals surface area contributed by atoms with Crippen LogP contribution in [-0.4, -0.2) is 47.6 Å². The second-order valence-electron chi connectivity index (χ2n) is 3.78. The second-order valence-corrected chi connectivity index (χ2v) is 3.78. The van der Waals surface area contributed by atoms with E-state index in [0.717, 1.165) is 19.5 Å². The molecule has 0 bridgehead atoms. The molecule has 1 atom stereocenters. The van der Waals surface area contributed by atoms with Gasteiger partial charge in [-0.2, -0.15) is 13.2 Å². The van der Waals surface area contributed by atoms with Crippen LogP contribution in [0.3, 0.4) is 0 Å². The number of nitrogens with zero attached hydrogens (tertiary/aromatic N) is 2. The molecular weight excluding hydrogens is 309 g/mol. The third kappa shape index (κ3) is 3.74. The molecule has 1 aromatic rings. The van der Waals surface area contributed by atoms with E-state index in [4.69, 9.17) is 0 Å². The number of aromatic nitrogens is 2. The lowest BCUT2D eigenvalue weighted by Gasteiger charge is -2.33. The molecule has 0 unspecified atom stereocenters. The molecule has 122 valence electrons. The maximum atomic E-state index is 13.4. The molecule has 1 rings (SSSR count). The Bertz CT molecular complexity index is 526. The van der Waals surface area contributed by atoms with E-state index in [9.17, 15) is 22.8 Å². The van der Waals surface area contributed by atoms with Crippen LogP contribution in [0.1, 0.15) is 6.92 Å². The number of hydrogen-bond acceptors (Lipinski definition) is 7. The van der Waals surface area contributed by atoms with Crippen LogP contribution in [-0.2, 0) is 14.3 Å². The largest absolute Gasteiger partial charge is 0.466 e. The van der Waals surface area contributed by atoms with Gasteiger partial charge in [-0.15, -0.1) is 0 Å². The number of carbonyl (C=O) groups is 2. The van der Waals surface area contributed by atoms with Crippen LogP contribution < -0.4 is 10.6 Å². The number of anilines is 1. The van der Waals surface area contributed by atoms with Crippen molar-refractivity contribution in [2.24, 2.45) is 0 Å². The fraction of sp³-hybridized carbons (Fsp3) is 0.455. The molecular formula is C11H13F3N4O4. The number of esters is 1. The number of carbonyl (C=O) groups excluding carboxylic acids is 2. The van der Waals surface area contributed by atoms with Crippen molar-refractivity contribution in [3.8, 4) is 0 Å². The zero-order chi connectivity index (χ0) is 16.8. The molecule has 8 nitrogen and oxygen atoms in total. The summed E-state index contributed by atoms with van der Waals surface area (Å²) in [6.07, 6.45) is -4.42. The van der Waals surface area contributed by atoms with Crippen molar-refractivity contribution >= 4 is 18.0 Å². The number of rotatable bonds is 5. The summed E-state index contributed by atoms with van der Waals surface area (Å²) < 4.78 is 48.8. The summed E-state index contributed by atoms with van der Waals surface area (Å²) in [6.45, 7) is 1.20. The lowest BCUT2D eigenvalue weighted by Crippen LogP contribution is -2.69. The highest BCUT2D eigenvalue weighted by molar-refractivity contribution is 5.89. The van der Waals surface area contributed by atoms with E-state index < -0.39 is 29.9 Å². The Kier molecular flexibility index (Phi) is 5.49. The zero-order valence-corrected chi connectivity index (χ0v) is 11.6. The molecule has 0 spiro atoms. The molecule has 1 amide bonds. The summed E-state index contributed by atoms with van der Waals surface area (Å²) in [6, 6.07) is 1.36. The second kappa shape index (κ2) is 6.91. The number of ether oxygens (including phenoxy) is 2. The van der Waals surface area contributed by atoms with Crippen molar-refractivity contribution in [2.45, 2.75) is 18.8 Å². The molecule has 0 saturated carbocycles. The summed E-state index contributed by atoms with van der Waals surface area (Å²) in [5.41, 5.74) is -3.59. The van der Waals surface area contributed by atoms with Crippen LogP contribution in [0.15, 0.2) is 18.5 Å². The number of amides is 1. The molecule has 0 saturated heterocycles. The predicted octanol–water partition coefficient (Wildman–Crippen LogP) is 1.07. The molecule has 0 aliphatic heterocycles. The topological polar surface area (TPSA) is 102 Å². The van der Waals surface area contributed by atoms with Crippen LogP contribution in [0.5, 0.6) is 0 Å². The first-order chi connectivity index (χ1) is 10.3. The van der Waals surface area contributed by atoms with Gasteiger partial charge >= 0.3 is 23.9 Å². The summed E-state index contributed by atoms with van der Waals surface area (Å²) in [4.78, 5) is 30.1. The SMILES string of the molecule is CCOC(=O)N[C@@](Nc1ncccn1)(C(=O)OC)C(F)(F)F. The minimum atomic E-state index is -5.26. The van der Waals surface area contributed by atoms with Gasteiger partial charge in [-0.1, -0.05) is 0 Å². The minimum Gasteiger partial charge on any atom is -0.466 e. The van der Waals surface area contributed by atoms with E-state index in [2.05, 4.69) is 19.4 Å². The van der Waals surface area contributed by atoms with E-state index in [-0.39, 0.29) is 6.61 Å². The smallest absolute Gasteiger partial charge is 0.442 e. The van der Waals surface area contributed by atoms with Crippen molar-refractivity contribution in [1.29, 1.82) is 0 Å². The van der Waals surface area contributed by atoms with Crippen molar-refractivity contribution in [3.63, 3.8) is 0 Å². The molecule has 0 aromatic carbocycles. The molecule has 11 heteroatoms. The van der Waals surface area contributed by atoms with E-state index in [1.54, 1.807) is 5.32 Å². The number of alkyl carbamates (subject to hydrolysis) is 1. The van der Waals surface area contributed by atoms with Gasteiger partial charge < -0.3 is 14.8 Å². The number of nitrogens with one attached hydrogen (secondary N) is 2. The van der Waals surface area contributed by atoms with Gasteiger partial charge in [-0.3, -0.25) is 5.32 Å². The lowest BCUT2D eigenvalue weighted by molar-refractivity contribution is -0.204. The zero-order valence-electron chi connectivity index (χ0n) is 11.6. The molecule has 0 aliphatic carbocycles. The highest BCUT2D eigenvalue weighted by atomic mass is 19.4. The Balaban J connectivity index is 3.26. The normalized spacial score (nSPS) is 13.7. The first-order valence-electron chi connectivity index (χ1n) is 5.92. The maximum absolute atomic E-state index is 13.4. The number of hydrogen-bond donors (Lipinski definition) is 2. The first-order valence-corrected chi connectivity index (χ1v) is 5.92. The fourth-order valence-electron chi connectivity index (χ4n) is 1.40. The van der Waals surface area contributed by atoms with E-state index in [1.807, 2.05) is 0 Å². The van der Waals surface area contributed by atoms with E-state index in [1.165, 1.54) is 18.3 Å². The van der Waals surface area contributed by atoms with Crippen LogP contribution in [0, 0.1) is 0 Å². The highest BCUT2D eigenvalue weighted by Gasteiger charge is 2.64. The Morgan fingerprint density at radius 3 is 2.32 bits per heavy atom. The molecule has 0 aliphatic rings. The molecule has 22 heavy (non-hydrogen) atoms. The van der Waals surface area contributed by atoms with Gasteiger partial charge in [0.05, 0.1) is 13.7 Å². The van der Waals surface area contributed by atoms with Crippen molar-refractivity contribution < 1.29 is 32.2 Å². The van der Waals surface area contributed by atoms with Crippen molar-refractivity contribution in [3.05, 3.63) is 18.5 Å². The van der Waals surface area contributed by atoms with Crippen molar-refractivity contribution in [1.82, 2.24) is 15.3 Å². The van der Waals surface area contributed by atoms with Crippen LogP contribution in [0.25, 0.3) is 0 Å². The van der Waals surface area contributed by atoms with Gasteiger partial charge in [0.2, 0.25) is 5.95 Å². The number of alkyl halides is 3. The first kappa shape index (κ1) is 17.5. The highest BCUT2D eigenvalue weighted by Crippen LogP contribution is 2.32. The van der Waals surface area contributed by atoms with Crippen LogP contribution in [0.4, 0.5) is 23.9 Å². The molecule has 2 N–H and O–H groups in total. The summed E-state index contributed by atoms with van der Waals surface area (Å²) in [5.74, 6) is -2.34. The number of halogens is 3. The molecule has 0 radical (unpaired) electrons. The van der Waals surface area contributed by atoms with Gasteiger partial charge in [0, 0.05) is 12.4 Å². The van der Waals surface area contributed by atoms with Gasteiger partial charge in [0.1, 0.15) is 0 Å².